The molecule has 6 nitrogen and oxygen atoms in total. The van der Waals surface area contributed by atoms with E-state index in [1.54, 1.807) is 20.4 Å². The van der Waals surface area contributed by atoms with Crippen LogP contribution < -0.4 is 15.2 Å². The SMILES string of the molecule is COc1ccc(Cc2nc(N)c3cc[nH]c3n2)c(OC)c1. The third kappa shape index (κ3) is 2.47. The van der Waals surface area contributed by atoms with Gasteiger partial charge in [-0.05, 0) is 12.1 Å². The van der Waals surface area contributed by atoms with E-state index in [2.05, 4.69) is 15.0 Å². The number of hydrogen-bond acceptors (Lipinski definition) is 5. The van der Waals surface area contributed by atoms with E-state index < -0.39 is 0 Å². The summed E-state index contributed by atoms with van der Waals surface area (Å²) in [7, 11) is 3.25. The molecule has 0 aliphatic rings. The molecule has 0 saturated heterocycles. The van der Waals surface area contributed by atoms with E-state index in [0.717, 1.165) is 28.1 Å². The fourth-order valence-corrected chi connectivity index (χ4v) is 2.26. The Morgan fingerprint density at radius 3 is 2.76 bits per heavy atom. The van der Waals surface area contributed by atoms with E-state index in [0.29, 0.717) is 18.1 Å². The highest BCUT2D eigenvalue weighted by molar-refractivity contribution is 5.85. The van der Waals surface area contributed by atoms with Crippen molar-refractivity contribution in [2.75, 3.05) is 20.0 Å². The van der Waals surface area contributed by atoms with Crippen molar-refractivity contribution in [2.24, 2.45) is 0 Å². The molecule has 2 heterocycles. The van der Waals surface area contributed by atoms with Gasteiger partial charge in [0.25, 0.3) is 0 Å². The third-order valence-electron chi connectivity index (χ3n) is 3.33. The van der Waals surface area contributed by atoms with Crippen LogP contribution in [0.4, 0.5) is 5.82 Å². The van der Waals surface area contributed by atoms with Gasteiger partial charge in [-0.1, -0.05) is 6.07 Å². The van der Waals surface area contributed by atoms with Gasteiger partial charge in [0.15, 0.2) is 0 Å². The molecule has 0 fully saturated rings. The van der Waals surface area contributed by atoms with E-state index in [4.69, 9.17) is 15.2 Å². The Bertz CT molecular complexity index is 782. The van der Waals surface area contributed by atoms with E-state index in [9.17, 15) is 0 Å². The molecule has 0 aliphatic carbocycles. The third-order valence-corrected chi connectivity index (χ3v) is 3.33. The van der Waals surface area contributed by atoms with E-state index >= 15 is 0 Å². The molecule has 21 heavy (non-hydrogen) atoms. The zero-order valence-electron chi connectivity index (χ0n) is 11.9. The molecule has 3 rings (SSSR count). The van der Waals surface area contributed by atoms with Crippen molar-refractivity contribution in [3.63, 3.8) is 0 Å². The highest BCUT2D eigenvalue weighted by atomic mass is 16.5. The number of ether oxygens (including phenoxy) is 2. The van der Waals surface area contributed by atoms with Gasteiger partial charge in [-0.3, -0.25) is 0 Å². The number of rotatable bonds is 4. The van der Waals surface area contributed by atoms with Gasteiger partial charge < -0.3 is 20.2 Å². The molecule has 0 bridgehead atoms. The number of fused-ring (bicyclic) bond motifs is 1. The van der Waals surface area contributed by atoms with Crippen LogP contribution in [0.3, 0.4) is 0 Å². The minimum absolute atomic E-state index is 0.476. The summed E-state index contributed by atoms with van der Waals surface area (Å²) in [5.41, 5.74) is 7.67. The molecule has 108 valence electrons. The number of aromatic nitrogens is 3. The number of benzene rings is 1. The number of hydrogen-bond donors (Lipinski definition) is 2. The molecule has 0 unspecified atom stereocenters. The van der Waals surface area contributed by atoms with E-state index in [1.165, 1.54) is 0 Å². The topological polar surface area (TPSA) is 86.0 Å². The summed E-state index contributed by atoms with van der Waals surface area (Å²) in [6, 6.07) is 7.53. The Balaban J connectivity index is 1.98. The predicted molar refractivity (Wildman–Crippen MR) is 80.7 cm³/mol. The molecule has 0 saturated carbocycles. The van der Waals surface area contributed by atoms with Crippen LogP contribution in [0.2, 0.25) is 0 Å². The smallest absolute Gasteiger partial charge is 0.143 e. The molecule has 0 spiro atoms. The first-order valence-corrected chi connectivity index (χ1v) is 6.51. The van der Waals surface area contributed by atoms with Crippen LogP contribution in [0.5, 0.6) is 11.5 Å². The molecular formula is C15H16N4O2. The van der Waals surface area contributed by atoms with Crippen LogP contribution in [0.15, 0.2) is 30.5 Å². The number of nitrogen functional groups attached to an aromatic ring is 1. The van der Waals surface area contributed by atoms with Gasteiger partial charge in [-0.25, -0.2) is 9.97 Å². The van der Waals surface area contributed by atoms with Crippen molar-refractivity contribution in [3.8, 4) is 11.5 Å². The molecular weight excluding hydrogens is 268 g/mol. The van der Waals surface area contributed by atoms with Crippen LogP contribution in [0, 0.1) is 0 Å². The van der Waals surface area contributed by atoms with E-state index in [-0.39, 0.29) is 0 Å². The number of aromatic amines is 1. The van der Waals surface area contributed by atoms with Gasteiger partial charge in [-0.2, -0.15) is 0 Å². The zero-order chi connectivity index (χ0) is 14.8. The van der Waals surface area contributed by atoms with Gasteiger partial charge in [0.05, 0.1) is 19.6 Å². The molecule has 3 N–H and O–H groups in total. The lowest BCUT2D eigenvalue weighted by molar-refractivity contribution is 0.391. The summed E-state index contributed by atoms with van der Waals surface area (Å²) in [5.74, 6) is 2.61. The molecule has 0 atom stereocenters. The lowest BCUT2D eigenvalue weighted by atomic mass is 10.1. The average molecular weight is 284 g/mol. The maximum Gasteiger partial charge on any atom is 0.143 e. The summed E-state index contributed by atoms with van der Waals surface area (Å²) in [5, 5.41) is 0.834. The first-order chi connectivity index (χ1) is 10.2. The molecule has 3 aromatic rings. The molecule has 0 aliphatic heterocycles. The van der Waals surface area contributed by atoms with Crippen LogP contribution in [-0.2, 0) is 6.42 Å². The standard InChI is InChI=1S/C15H16N4O2/c1-20-10-4-3-9(12(8-10)21-2)7-13-18-14(16)11-5-6-17-15(11)19-13/h3-6,8H,7H2,1-2H3,(H3,16,17,18,19). The first kappa shape index (κ1) is 13.2. The number of nitrogens with one attached hydrogen (secondary N) is 1. The van der Waals surface area contributed by atoms with Crippen LogP contribution in [-0.4, -0.2) is 29.2 Å². The number of anilines is 1. The second-order valence-corrected chi connectivity index (χ2v) is 4.62. The Morgan fingerprint density at radius 1 is 1.14 bits per heavy atom. The highest BCUT2D eigenvalue weighted by Gasteiger charge is 2.10. The van der Waals surface area contributed by atoms with Gasteiger partial charge in [0.1, 0.15) is 28.8 Å². The average Bonchev–Trinajstić information content (AvgIpc) is 2.96. The van der Waals surface area contributed by atoms with Crippen LogP contribution in [0.25, 0.3) is 11.0 Å². The van der Waals surface area contributed by atoms with Gasteiger partial charge in [0.2, 0.25) is 0 Å². The second kappa shape index (κ2) is 5.32. The second-order valence-electron chi connectivity index (χ2n) is 4.62. The Morgan fingerprint density at radius 2 is 2.00 bits per heavy atom. The van der Waals surface area contributed by atoms with Gasteiger partial charge in [0, 0.05) is 24.2 Å². The molecule has 0 radical (unpaired) electrons. The largest absolute Gasteiger partial charge is 0.497 e. The summed E-state index contributed by atoms with van der Waals surface area (Å²) in [4.78, 5) is 11.9. The predicted octanol–water partition coefficient (Wildman–Crippen LogP) is 2.15. The molecule has 6 heteroatoms. The van der Waals surface area contributed by atoms with Crippen molar-refractivity contribution in [1.82, 2.24) is 15.0 Å². The summed E-state index contributed by atoms with van der Waals surface area (Å²) < 4.78 is 10.6. The van der Waals surface area contributed by atoms with Crippen molar-refractivity contribution >= 4 is 16.9 Å². The maximum absolute atomic E-state index is 5.95. The molecule has 1 aromatic carbocycles. The van der Waals surface area contributed by atoms with Crippen LogP contribution in [0.1, 0.15) is 11.4 Å². The summed E-state index contributed by atoms with van der Waals surface area (Å²) in [6.45, 7) is 0. The fraction of sp³-hybridized carbons (Fsp3) is 0.200. The maximum atomic E-state index is 5.95. The summed E-state index contributed by atoms with van der Waals surface area (Å²) in [6.07, 6.45) is 2.33. The first-order valence-electron chi connectivity index (χ1n) is 6.51. The normalized spacial score (nSPS) is 10.8. The number of nitrogens with zero attached hydrogens (tertiary/aromatic N) is 2. The van der Waals surface area contributed by atoms with Crippen molar-refractivity contribution in [2.45, 2.75) is 6.42 Å². The monoisotopic (exact) mass is 284 g/mol. The lowest BCUT2D eigenvalue weighted by Crippen LogP contribution is -2.03. The van der Waals surface area contributed by atoms with Crippen molar-refractivity contribution < 1.29 is 9.47 Å². The Labute approximate surface area is 121 Å². The quantitative estimate of drug-likeness (QED) is 0.766. The van der Waals surface area contributed by atoms with E-state index in [1.807, 2.05) is 24.3 Å². The molecule has 2 aromatic heterocycles. The zero-order valence-corrected chi connectivity index (χ0v) is 11.9. The van der Waals surface area contributed by atoms with Gasteiger partial charge >= 0.3 is 0 Å². The van der Waals surface area contributed by atoms with Crippen LogP contribution >= 0.6 is 0 Å². The van der Waals surface area contributed by atoms with Crippen molar-refractivity contribution in [1.29, 1.82) is 0 Å². The fourth-order valence-electron chi connectivity index (χ4n) is 2.26. The van der Waals surface area contributed by atoms with Crippen molar-refractivity contribution in [3.05, 3.63) is 41.9 Å². The Hall–Kier alpha value is -2.76. The number of H-pyrrole nitrogens is 1. The minimum atomic E-state index is 0.476. The molecule has 0 amide bonds. The highest BCUT2D eigenvalue weighted by Crippen LogP contribution is 2.26. The lowest BCUT2D eigenvalue weighted by Gasteiger charge is -2.10. The number of methoxy groups -OCH3 is 2. The number of nitrogens with two attached hydrogens (primary N) is 1. The Kier molecular flexibility index (Phi) is 3.35. The van der Waals surface area contributed by atoms with Gasteiger partial charge in [-0.15, -0.1) is 0 Å². The minimum Gasteiger partial charge on any atom is -0.497 e. The summed E-state index contributed by atoms with van der Waals surface area (Å²) >= 11 is 0.